The van der Waals surface area contributed by atoms with Gasteiger partial charge >= 0.3 is 0 Å². The van der Waals surface area contributed by atoms with Crippen LogP contribution in [0.4, 0.5) is 11.8 Å². The van der Waals surface area contributed by atoms with Gasteiger partial charge in [0.2, 0.25) is 5.95 Å². The first kappa shape index (κ1) is 18.0. The fourth-order valence-electron chi connectivity index (χ4n) is 3.52. The van der Waals surface area contributed by atoms with Gasteiger partial charge in [-0.05, 0) is 46.0 Å². The van der Waals surface area contributed by atoms with Crippen LogP contribution in [0.15, 0.2) is 0 Å². The lowest BCUT2D eigenvalue weighted by Gasteiger charge is -2.33. The average Bonchev–Trinajstić information content (AvgIpc) is 2.53. The second-order valence-corrected chi connectivity index (χ2v) is 7.03. The van der Waals surface area contributed by atoms with Crippen LogP contribution in [0.5, 0.6) is 0 Å². The highest BCUT2D eigenvalue weighted by atomic mass is 15.3. The van der Waals surface area contributed by atoms with Gasteiger partial charge < -0.3 is 10.6 Å². The summed E-state index contributed by atoms with van der Waals surface area (Å²) in [5.41, 5.74) is 8.49. The van der Waals surface area contributed by atoms with Crippen molar-refractivity contribution >= 4 is 11.8 Å². The van der Waals surface area contributed by atoms with Gasteiger partial charge in [0.15, 0.2) is 0 Å². The number of piperidine rings is 1. The van der Waals surface area contributed by atoms with E-state index in [1.165, 1.54) is 57.8 Å². The Hall–Kier alpha value is -1.32. The van der Waals surface area contributed by atoms with Crippen LogP contribution in [0.3, 0.4) is 0 Å². The van der Waals surface area contributed by atoms with E-state index in [-0.39, 0.29) is 0 Å². The Kier molecular flexibility index (Phi) is 7.13. The predicted octanol–water partition coefficient (Wildman–Crippen LogP) is 4.65. The topological polar surface area (TPSA) is 55.0 Å². The van der Waals surface area contributed by atoms with Crippen molar-refractivity contribution in [3.8, 4) is 0 Å². The van der Waals surface area contributed by atoms with Crippen LogP contribution < -0.4 is 10.6 Å². The van der Waals surface area contributed by atoms with Crippen LogP contribution in [0.1, 0.15) is 82.9 Å². The lowest BCUT2D eigenvalue weighted by molar-refractivity contribution is 0.476. The Bertz CT molecular complexity index is 463. The molecule has 23 heavy (non-hydrogen) atoms. The standard InChI is InChI=1S/C19H34N4/c1-4-5-6-7-8-9-13-17-16(3)21-19(22-18(17)20)23-14-11-10-12-15(23)2/h15H,4-14H2,1-3H3,(H2,20,21,22). The monoisotopic (exact) mass is 318 g/mol. The van der Waals surface area contributed by atoms with E-state index in [1.54, 1.807) is 0 Å². The number of hydrogen-bond acceptors (Lipinski definition) is 4. The van der Waals surface area contributed by atoms with Crippen LogP contribution in [-0.4, -0.2) is 22.6 Å². The molecule has 1 atom stereocenters. The lowest BCUT2D eigenvalue weighted by atomic mass is 10.0. The number of anilines is 2. The van der Waals surface area contributed by atoms with Gasteiger partial charge in [-0.25, -0.2) is 4.98 Å². The van der Waals surface area contributed by atoms with E-state index in [2.05, 4.69) is 30.7 Å². The fourth-order valence-corrected chi connectivity index (χ4v) is 3.52. The first-order chi connectivity index (χ1) is 11.1. The summed E-state index contributed by atoms with van der Waals surface area (Å²) in [7, 11) is 0. The normalized spacial score (nSPS) is 18.4. The second kappa shape index (κ2) is 9.09. The highest BCUT2D eigenvalue weighted by Crippen LogP contribution is 2.25. The average molecular weight is 319 g/mol. The minimum Gasteiger partial charge on any atom is -0.383 e. The molecule has 0 amide bonds. The first-order valence-electron chi connectivity index (χ1n) is 9.53. The van der Waals surface area contributed by atoms with Crippen LogP contribution >= 0.6 is 0 Å². The molecule has 1 fully saturated rings. The van der Waals surface area contributed by atoms with Gasteiger partial charge in [-0.2, -0.15) is 4.98 Å². The summed E-state index contributed by atoms with van der Waals surface area (Å²) in [4.78, 5) is 11.7. The van der Waals surface area contributed by atoms with E-state index < -0.39 is 0 Å². The maximum absolute atomic E-state index is 6.26. The van der Waals surface area contributed by atoms with Crippen molar-refractivity contribution in [1.82, 2.24) is 9.97 Å². The molecule has 1 aliphatic heterocycles. The number of nitrogens with two attached hydrogens (primary N) is 1. The summed E-state index contributed by atoms with van der Waals surface area (Å²) in [6.45, 7) is 7.66. The summed E-state index contributed by atoms with van der Waals surface area (Å²) < 4.78 is 0. The highest BCUT2D eigenvalue weighted by molar-refractivity contribution is 5.48. The molecule has 0 bridgehead atoms. The van der Waals surface area contributed by atoms with Gasteiger partial charge in [0, 0.05) is 23.8 Å². The van der Waals surface area contributed by atoms with Crippen molar-refractivity contribution in [2.24, 2.45) is 0 Å². The molecule has 2 N–H and O–H groups in total. The fraction of sp³-hybridized carbons (Fsp3) is 0.789. The minimum absolute atomic E-state index is 0.520. The molecule has 4 nitrogen and oxygen atoms in total. The van der Waals surface area contributed by atoms with E-state index in [9.17, 15) is 0 Å². The van der Waals surface area contributed by atoms with Crippen LogP contribution in [0.2, 0.25) is 0 Å². The molecule has 0 aromatic carbocycles. The van der Waals surface area contributed by atoms with E-state index in [0.717, 1.165) is 30.2 Å². The van der Waals surface area contributed by atoms with E-state index in [1.807, 2.05) is 0 Å². The Morgan fingerprint density at radius 3 is 2.52 bits per heavy atom. The zero-order valence-corrected chi connectivity index (χ0v) is 15.3. The number of aromatic nitrogens is 2. The molecule has 1 aliphatic rings. The smallest absolute Gasteiger partial charge is 0.227 e. The molecule has 4 heteroatoms. The van der Waals surface area contributed by atoms with Gasteiger partial charge in [-0.15, -0.1) is 0 Å². The molecule has 1 unspecified atom stereocenters. The quantitative estimate of drug-likeness (QED) is 0.709. The van der Waals surface area contributed by atoms with Crippen molar-refractivity contribution in [2.45, 2.75) is 91.0 Å². The van der Waals surface area contributed by atoms with Crippen molar-refractivity contribution in [1.29, 1.82) is 0 Å². The zero-order chi connectivity index (χ0) is 16.7. The SMILES string of the molecule is CCCCCCCCc1c(C)nc(N2CCCCC2C)nc1N. The van der Waals surface area contributed by atoms with Crippen LogP contribution in [0.25, 0.3) is 0 Å². The third kappa shape index (κ3) is 5.08. The Morgan fingerprint density at radius 2 is 1.83 bits per heavy atom. The van der Waals surface area contributed by atoms with Gasteiger partial charge in [0.25, 0.3) is 0 Å². The van der Waals surface area contributed by atoms with Crippen molar-refractivity contribution < 1.29 is 0 Å². The van der Waals surface area contributed by atoms with Gasteiger partial charge in [-0.3, -0.25) is 0 Å². The summed E-state index contributed by atoms with van der Waals surface area (Å²) >= 11 is 0. The van der Waals surface area contributed by atoms with Crippen molar-refractivity contribution in [2.75, 3.05) is 17.2 Å². The molecule has 130 valence electrons. The second-order valence-electron chi connectivity index (χ2n) is 7.03. The minimum atomic E-state index is 0.520. The summed E-state index contributed by atoms with van der Waals surface area (Å²) in [5, 5.41) is 0. The lowest BCUT2D eigenvalue weighted by Crippen LogP contribution is -2.38. The van der Waals surface area contributed by atoms with Crippen molar-refractivity contribution in [3.05, 3.63) is 11.3 Å². The molecule has 2 heterocycles. The molecular weight excluding hydrogens is 284 g/mol. The first-order valence-corrected chi connectivity index (χ1v) is 9.53. The maximum Gasteiger partial charge on any atom is 0.227 e. The molecule has 0 spiro atoms. The van der Waals surface area contributed by atoms with Gasteiger partial charge in [-0.1, -0.05) is 39.0 Å². The summed E-state index contributed by atoms with van der Waals surface area (Å²) in [6.07, 6.45) is 12.6. The Balaban J connectivity index is 1.94. The molecule has 0 radical (unpaired) electrons. The van der Waals surface area contributed by atoms with Crippen LogP contribution in [0, 0.1) is 6.92 Å². The molecular formula is C19H34N4. The Labute approximate surface area is 141 Å². The number of nitrogens with zero attached hydrogens (tertiary/aromatic N) is 3. The van der Waals surface area contributed by atoms with Gasteiger partial charge in [0.05, 0.1) is 0 Å². The van der Waals surface area contributed by atoms with Gasteiger partial charge in [0.1, 0.15) is 5.82 Å². The summed E-state index contributed by atoms with van der Waals surface area (Å²) in [5.74, 6) is 1.53. The molecule has 0 aliphatic carbocycles. The predicted molar refractivity (Wildman–Crippen MR) is 98.9 cm³/mol. The summed E-state index contributed by atoms with van der Waals surface area (Å²) in [6, 6.07) is 0.520. The van der Waals surface area contributed by atoms with Crippen molar-refractivity contribution in [3.63, 3.8) is 0 Å². The van der Waals surface area contributed by atoms with Crippen LogP contribution in [-0.2, 0) is 6.42 Å². The molecule has 1 saturated heterocycles. The Morgan fingerprint density at radius 1 is 1.09 bits per heavy atom. The number of nitrogen functional groups attached to an aromatic ring is 1. The molecule has 2 rings (SSSR count). The largest absolute Gasteiger partial charge is 0.383 e. The van der Waals surface area contributed by atoms with E-state index in [4.69, 9.17) is 10.7 Å². The number of rotatable bonds is 8. The molecule has 1 aromatic rings. The highest BCUT2D eigenvalue weighted by Gasteiger charge is 2.22. The molecule has 0 saturated carbocycles. The van der Waals surface area contributed by atoms with E-state index in [0.29, 0.717) is 11.9 Å². The zero-order valence-electron chi connectivity index (χ0n) is 15.3. The maximum atomic E-state index is 6.26. The number of unbranched alkanes of at least 4 members (excludes halogenated alkanes) is 5. The number of aryl methyl sites for hydroxylation is 1. The molecule has 1 aromatic heterocycles. The van der Waals surface area contributed by atoms with E-state index >= 15 is 0 Å². The third-order valence-electron chi connectivity index (χ3n) is 5.07. The number of hydrogen-bond donors (Lipinski definition) is 1. The third-order valence-corrected chi connectivity index (χ3v) is 5.07.